The first-order valence-electron chi connectivity index (χ1n) is 6.21. The van der Waals surface area contributed by atoms with Crippen molar-refractivity contribution in [2.45, 2.75) is 44.7 Å². The molecule has 5 heteroatoms. The summed E-state index contributed by atoms with van der Waals surface area (Å²) in [7, 11) is -2.82. The highest BCUT2D eigenvalue weighted by atomic mass is 32.2. The van der Waals surface area contributed by atoms with Crippen LogP contribution in [0.15, 0.2) is 0 Å². The third kappa shape index (κ3) is 2.63. The minimum atomic E-state index is -2.82. The van der Waals surface area contributed by atoms with Crippen LogP contribution >= 0.6 is 0 Å². The van der Waals surface area contributed by atoms with E-state index < -0.39 is 9.84 Å². The topological polar surface area (TPSA) is 61.2 Å². The van der Waals surface area contributed by atoms with Gasteiger partial charge in [-0.3, -0.25) is 4.90 Å². The quantitative estimate of drug-likeness (QED) is 0.707. The molecule has 0 aromatic rings. The van der Waals surface area contributed by atoms with E-state index in [1.54, 1.807) is 0 Å². The lowest BCUT2D eigenvalue weighted by atomic mass is 9.82. The molecule has 0 aromatic heterocycles. The highest BCUT2D eigenvalue weighted by molar-refractivity contribution is 7.91. The van der Waals surface area contributed by atoms with Crippen LogP contribution in [-0.2, 0) is 9.84 Å². The number of piperidine rings is 1. The molecule has 0 spiro atoms. The average Bonchev–Trinajstić information content (AvgIpc) is 2.57. The van der Waals surface area contributed by atoms with Crippen molar-refractivity contribution in [3.05, 3.63) is 0 Å². The molecule has 2 atom stereocenters. The molecular formula is C12H20N2O2S. The van der Waals surface area contributed by atoms with Gasteiger partial charge in [-0.1, -0.05) is 0 Å². The number of hydrogen-bond acceptors (Lipinski definition) is 4. The van der Waals surface area contributed by atoms with Gasteiger partial charge in [0, 0.05) is 24.0 Å². The van der Waals surface area contributed by atoms with Crippen LogP contribution in [0.5, 0.6) is 0 Å². The Morgan fingerprint density at radius 1 is 1.35 bits per heavy atom. The third-order valence-electron chi connectivity index (χ3n) is 4.07. The van der Waals surface area contributed by atoms with Gasteiger partial charge >= 0.3 is 0 Å². The monoisotopic (exact) mass is 256 g/mol. The van der Waals surface area contributed by atoms with Crippen molar-refractivity contribution in [1.29, 1.82) is 5.26 Å². The molecule has 0 aliphatic carbocycles. The SMILES string of the molecule is CC1(C)CC(C#N)CCN1C1CCS(=O)(=O)C1. The number of nitrogens with zero attached hydrogens (tertiary/aromatic N) is 2. The third-order valence-corrected chi connectivity index (χ3v) is 5.82. The van der Waals surface area contributed by atoms with Gasteiger partial charge in [-0.15, -0.1) is 0 Å². The fraction of sp³-hybridized carbons (Fsp3) is 0.917. The van der Waals surface area contributed by atoms with Crippen molar-refractivity contribution < 1.29 is 8.42 Å². The standard InChI is InChI=1S/C12H20N2O2S/c1-12(2)7-10(8-13)3-5-14(12)11-4-6-17(15,16)9-11/h10-11H,3-7,9H2,1-2H3. The van der Waals surface area contributed by atoms with Gasteiger partial charge < -0.3 is 0 Å². The molecule has 4 nitrogen and oxygen atoms in total. The number of likely N-dealkylation sites (tertiary alicyclic amines) is 1. The smallest absolute Gasteiger partial charge is 0.151 e. The van der Waals surface area contributed by atoms with Gasteiger partial charge in [0.15, 0.2) is 9.84 Å². The Morgan fingerprint density at radius 2 is 2.06 bits per heavy atom. The second kappa shape index (κ2) is 4.25. The van der Waals surface area contributed by atoms with E-state index in [4.69, 9.17) is 5.26 Å². The van der Waals surface area contributed by atoms with Crippen LogP contribution in [0.25, 0.3) is 0 Å². The predicted molar refractivity (Wildman–Crippen MR) is 66.2 cm³/mol. The molecule has 2 unspecified atom stereocenters. The molecule has 0 radical (unpaired) electrons. The first kappa shape index (κ1) is 12.8. The molecule has 96 valence electrons. The molecule has 0 N–H and O–H groups in total. The zero-order valence-corrected chi connectivity index (χ0v) is 11.3. The number of nitriles is 1. The maximum Gasteiger partial charge on any atom is 0.151 e. The van der Waals surface area contributed by atoms with Gasteiger partial charge in [0.05, 0.1) is 17.6 Å². The molecule has 2 aliphatic heterocycles. The van der Waals surface area contributed by atoms with Crippen LogP contribution in [0.1, 0.15) is 33.1 Å². The van der Waals surface area contributed by atoms with Crippen LogP contribution in [0.2, 0.25) is 0 Å². The lowest BCUT2D eigenvalue weighted by Crippen LogP contribution is -2.54. The fourth-order valence-electron chi connectivity index (χ4n) is 3.23. The van der Waals surface area contributed by atoms with E-state index in [1.807, 2.05) is 0 Å². The summed E-state index contributed by atoms with van der Waals surface area (Å²) < 4.78 is 23.1. The summed E-state index contributed by atoms with van der Waals surface area (Å²) in [4.78, 5) is 2.31. The minimum absolute atomic E-state index is 0.0524. The van der Waals surface area contributed by atoms with E-state index in [2.05, 4.69) is 24.8 Å². The van der Waals surface area contributed by atoms with E-state index in [9.17, 15) is 8.42 Å². The lowest BCUT2D eigenvalue weighted by Gasteiger charge is -2.47. The van der Waals surface area contributed by atoms with Gasteiger partial charge in [0.1, 0.15) is 0 Å². The number of rotatable bonds is 1. The maximum atomic E-state index is 11.5. The summed E-state index contributed by atoms with van der Waals surface area (Å²) in [6.45, 7) is 5.11. The van der Waals surface area contributed by atoms with Gasteiger partial charge in [-0.25, -0.2) is 8.42 Å². The summed E-state index contributed by atoms with van der Waals surface area (Å²) in [6, 6.07) is 2.50. The van der Waals surface area contributed by atoms with Gasteiger partial charge in [-0.2, -0.15) is 5.26 Å². The summed E-state index contributed by atoms with van der Waals surface area (Å²) in [5.41, 5.74) is -0.0524. The van der Waals surface area contributed by atoms with Crippen LogP contribution in [-0.4, -0.2) is 42.9 Å². The fourth-order valence-corrected chi connectivity index (χ4v) is 4.96. The van der Waals surface area contributed by atoms with Crippen molar-refractivity contribution in [2.24, 2.45) is 5.92 Å². The van der Waals surface area contributed by atoms with Crippen LogP contribution in [0.4, 0.5) is 0 Å². The minimum Gasteiger partial charge on any atom is -0.294 e. The molecule has 2 aliphatic rings. The lowest BCUT2D eigenvalue weighted by molar-refractivity contribution is 0.0285. The molecule has 2 rings (SSSR count). The predicted octanol–water partition coefficient (Wildman–Crippen LogP) is 1.19. The van der Waals surface area contributed by atoms with Crippen molar-refractivity contribution in [3.8, 4) is 6.07 Å². The second-order valence-corrected chi connectivity index (χ2v) is 8.11. The van der Waals surface area contributed by atoms with Crippen LogP contribution in [0.3, 0.4) is 0 Å². The summed E-state index contributed by atoms with van der Waals surface area (Å²) in [6.07, 6.45) is 2.47. The zero-order valence-electron chi connectivity index (χ0n) is 10.5. The molecular weight excluding hydrogens is 236 g/mol. The van der Waals surface area contributed by atoms with Gasteiger partial charge in [0.25, 0.3) is 0 Å². The summed E-state index contributed by atoms with van der Waals surface area (Å²) in [5, 5.41) is 8.99. The molecule has 0 bridgehead atoms. The molecule has 2 fully saturated rings. The highest BCUT2D eigenvalue weighted by Gasteiger charge is 2.42. The maximum absolute atomic E-state index is 11.5. The van der Waals surface area contributed by atoms with E-state index in [0.717, 1.165) is 25.8 Å². The Balaban J connectivity index is 2.10. The second-order valence-electron chi connectivity index (χ2n) is 5.88. The summed E-state index contributed by atoms with van der Waals surface area (Å²) >= 11 is 0. The summed E-state index contributed by atoms with van der Waals surface area (Å²) in [5.74, 6) is 0.749. The zero-order chi connectivity index (χ0) is 12.7. The first-order valence-corrected chi connectivity index (χ1v) is 8.03. The van der Waals surface area contributed by atoms with Crippen molar-refractivity contribution in [1.82, 2.24) is 4.90 Å². The van der Waals surface area contributed by atoms with Crippen molar-refractivity contribution in [2.75, 3.05) is 18.1 Å². The van der Waals surface area contributed by atoms with Gasteiger partial charge in [-0.05, 0) is 33.1 Å². The Bertz CT molecular complexity index is 436. The van der Waals surface area contributed by atoms with Crippen LogP contribution in [0, 0.1) is 17.2 Å². The number of hydrogen-bond donors (Lipinski definition) is 0. The van der Waals surface area contributed by atoms with E-state index in [-0.39, 0.29) is 17.5 Å². The molecule has 2 saturated heterocycles. The largest absolute Gasteiger partial charge is 0.294 e. The Morgan fingerprint density at radius 3 is 2.53 bits per heavy atom. The molecule has 17 heavy (non-hydrogen) atoms. The first-order chi connectivity index (χ1) is 7.84. The Hall–Kier alpha value is -0.600. The molecule has 2 heterocycles. The van der Waals surface area contributed by atoms with Gasteiger partial charge in [0.2, 0.25) is 0 Å². The Labute approximate surface area is 104 Å². The van der Waals surface area contributed by atoms with Crippen molar-refractivity contribution >= 4 is 9.84 Å². The number of sulfone groups is 1. The normalized spacial score (nSPS) is 36.5. The van der Waals surface area contributed by atoms with E-state index >= 15 is 0 Å². The molecule has 0 amide bonds. The average molecular weight is 256 g/mol. The molecule has 0 aromatic carbocycles. The Kier molecular flexibility index (Phi) is 3.21. The molecule has 0 saturated carbocycles. The highest BCUT2D eigenvalue weighted by Crippen LogP contribution is 2.35. The van der Waals surface area contributed by atoms with Crippen molar-refractivity contribution in [3.63, 3.8) is 0 Å². The van der Waals surface area contributed by atoms with E-state index in [0.29, 0.717) is 11.5 Å². The van der Waals surface area contributed by atoms with E-state index in [1.165, 1.54) is 0 Å². The van der Waals surface area contributed by atoms with Crippen LogP contribution < -0.4 is 0 Å².